The van der Waals surface area contributed by atoms with Crippen molar-refractivity contribution in [2.75, 3.05) is 0 Å². The molecule has 9 heteroatoms. The van der Waals surface area contributed by atoms with E-state index in [0.29, 0.717) is 11.9 Å². The average molecular weight is 1520 g/mol. The van der Waals surface area contributed by atoms with E-state index in [0.717, 1.165) is 155 Å². The van der Waals surface area contributed by atoms with Crippen molar-refractivity contribution in [1.82, 2.24) is 38.2 Å². The summed E-state index contributed by atoms with van der Waals surface area (Å²) in [4.78, 5) is 20.9. The Morgan fingerprint density at radius 3 is 0.832 bits per heavy atom. The number of hydrogen-bond acceptors (Lipinski definition) is 5. The molecule has 24 aromatic rings. The molecule has 0 unspecified atom stereocenters. The summed E-state index contributed by atoms with van der Waals surface area (Å²) in [5.74, 6) is 1.29. The third kappa shape index (κ3) is 11.9. The van der Waals surface area contributed by atoms with Gasteiger partial charge in [-0.3, -0.25) is 9.13 Å². The summed E-state index contributed by atoms with van der Waals surface area (Å²) in [6.45, 7) is 0. The van der Waals surface area contributed by atoms with Crippen LogP contribution in [0.15, 0.2) is 429 Å². The van der Waals surface area contributed by atoms with E-state index in [2.05, 4.69) is 407 Å². The van der Waals surface area contributed by atoms with Crippen molar-refractivity contribution in [2.24, 2.45) is 0 Å². The van der Waals surface area contributed by atoms with E-state index >= 15 is 0 Å². The zero-order valence-corrected chi connectivity index (χ0v) is 64.4. The number of benzene rings is 17. The highest BCUT2D eigenvalue weighted by atomic mass is 16.3. The lowest BCUT2D eigenvalue weighted by Gasteiger charge is -2.14. The van der Waals surface area contributed by atoms with E-state index in [1.54, 1.807) is 0 Å². The molecule has 17 aromatic carbocycles. The molecule has 0 saturated carbocycles. The summed E-state index contributed by atoms with van der Waals surface area (Å²) < 4.78 is 15.7. The molecule has 0 amide bonds. The van der Waals surface area contributed by atoms with E-state index in [-0.39, 0.29) is 0 Å². The fourth-order valence-electron chi connectivity index (χ4n) is 17.9. The molecule has 9 nitrogen and oxygen atoms in total. The van der Waals surface area contributed by atoms with Gasteiger partial charge in [0.15, 0.2) is 5.58 Å². The van der Waals surface area contributed by atoms with Crippen LogP contribution in [0, 0.1) is 0 Å². The molecule has 0 atom stereocenters. The van der Waals surface area contributed by atoms with Crippen LogP contribution in [0.25, 0.3) is 222 Å². The van der Waals surface area contributed by atoms with Crippen LogP contribution in [0.1, 0.15) is 0 Å². The molecule has 7 heterocycles. The van der Waals surface area contributed by atoms with Gasteiger partial charge in [-0.1, -0.05) is 309 Å². The summed E-state index contributed by atoms with van der Waals surface area (Å²) in [5.41, 5.74) is 29.9. The maximum Gasteiger partial charge on any atom is 0.235 e. The number of aromatic nitrogens is 8. The predicted molar refractivity (Wildman–Crippen MR) is 492 cm³/mol. The van der Waals surface area contributed by atoms with Gasteiger partial charge >= 0.3 is 0 Å². The molecule has 0 spiro atoms. The van der Waals surface area contributed by atoms with Crippen LogP contribution in [0.5, 0.6) is 0 Å². The molecule has 0 aliphatic carbocycles. The molecule has 0 saturated heterocycles. The first-order valence-corrected chi connectivity index (χ1v) is 40.3. The van der Waals surface area contributed by atoms with Gasteiger partial charge in [-0.15, -0.1) is 0 Å². The smallest absolute Gasteiger partial charge is 0.235 e. The van der Waals surface area contributed by atoms with Gasteiger partial charge in [0, 0.05) is 81.8 Å². The van der Waals surface area contributed by atoms with E-state index in [4.69, 9.17) is 24.4 Å². The van der Waals surface area contributed by atoms with Gasteiger partial charge < -0.3 is 13.6 Å². The maximum atomic E-state index is 6.53. The molecule has 0 bridgehead atoms. The van der Waals surface area contributed by atoms with Crippen molar-refractivity contribution in [3.8, 4) is 113 Å². The Kier molecular flexibility index (Phi) is 16.4. The number of fused-ring (bicyclic) bond motifs is 15. The highest BCUT2D eigenvalue weighted by Crippen LogP contribution is 2.45. The van der Waals surface area contributed by atoms with Gasteiger partial charge in [0.05, 0.1) is 72.6 Å². The van der Waals surface area contributed by atoms with E-state index in [1.165, 1.54) is 54.8 Å². The first-order chi connectivity index (χ1) is 59.0. The number of hydrogen-bond donors (Lipinski definition) is 0. The monoisotopic (exact) mass is 1520 g/mol. The molecular formula is C110H70N8O. The minimum absolute atomic E-state index is 0.642. The zero-order chi connectivity index (χ0) is 78.4. The summed E-state index contributed by atoms with van der Waals surface area (Å²) in [7, 11) is 0. The minimum atomic E-state index is 0.642. The van der Waals surface area contributed by atoms with Crippen LogP contribution in [-0.4, -0.2) is 38.2 Å². The highest BCUT2D eigenvalue weighted by Gasteiger charge is 2.24. The maximum absolute atomic E-state index is 6.53. The number of rotatable bonds is 12. The van der Waals surface area contributed by atoms with Crippen molar-refractivity contribution in [3.63, 3.8) is 0 Å². The molecule has 119 heavy (non-hydrogen) atoms. The van der Waals surface area contributed by atoms with Crippen molar-refractivity contribution in [3.05, 3.63) is 425 Å². The molecule has 0 N–H and O–H groups in total. The van der Waals surface area contributed by atoms with Gasteiger partial charge in [-0.05, 0) is 160 Å². The Balaban J connectivity index is 0.000000140. The second kappa shape index (κ2) is 28.5. The van der Waals surface area contributed by atoms with E-state index in [9.17, 15) is 0 Å². The first kappa shape index (κ1) is 68.5. The lowest BCUT2D eigenvalue weighted by Crippen LogP contribution is -2.03. The SMILES string of the molecule is c1ccc(-c2cc(-c3ccccc3)cc(-n3c4ccccc4c4cc(-c5ccc6c(c5)c5ccccc5n6-c5nc(-c6ccccc6)cc(-c6ccccc6)n5)ccc43)c2)cc1.c1ccc(-c2cc(-c3ccccc3)nc(-n3c4ccccc4c4cc(-c5ccc6c(c5)c5ccccc5n6-c5cccc6c5oc5ccccc56)ccc43)n2)cc1. The highest BCUT2D eigenvalue weighted by molar-refractivity contribution is 6.16. The largest absolute Gasteiger partial charge is 0.454 e. The van der Waals surface area contributed by atoms with Crippen LogP contribution in [0.3, 0.4) is 0 Å². The molecule has 0 radical (unpaired) electrons. The third-order valence-electron chi connectivity index (χ3n) is 23.5. The second-order valence-electron chi connectivity index (χ2n) is 30.4. The summed E-state index contributed by atoms with van der Waals surface area (Å²) in [5, 5.41) is 11.7. The van der Waals surface area contributed by atoms with E-state index < -0.39 is 0 Å². The first-order valence-electron chi connectivity index (χ1n) is 40.3. The van der Waals surface area contributed by atoms with Gasteiger partial charge in [-0.25, -0.2) is 19.9 Å². The molecule has 0 fully saturated rings. The van der Waals surface area contributed by atoms with Crippen LogP contribution in [0.2, 0.25) is 0 Å². The Labute approximate surface area is 684 Å². The fourth-order valence-corrected chi connectivity index (χ4v) is 17.9. The third-order valence-corrected chi connectivity index (χ3v) is 23.5. The zero-order valence-electron chi connectivity index (χ0n) is 64.4. The van der Waals surface area contributed by atoms with Crippen LogP contribution >= 0.6 is 0 Å². The normalized spacial score (nSPS) is 11.7. The topological polar surface area (TPSA) is 84.4 Å². The quantitative estimate of drug-likeness (QED) is 0.122. The van der Waals surface area contributed by atoms with Crippen LogP contribution < -0.4 is 0 Å². The number of para-hydroxylation sites is 6. The Morgan fingerprint density at radius 1 is 0.168 bits per heavy atom. The van der Waals surface area contributed by atoms with Crippen LogP contribution in [-0.2, 0) is 0 Å². The molecule has 7 aromatic heterocycles. The lowest BCUT2D eigenvalue weighted by molar-refractivity contribution is 0.666. The summed E-state index contributed by atoms with van der Waals surface area (Å²) >= 11 is 0. The number of furan rings is 1. The van der Waals surface area contributed by atoms with Crippen LogP contribution in [0.4, 0.5) is 0 Å². The van der Waals surface area contributed by atoms with Crippen molar-refractivity contribution < 1.29 is 4.42 Å². The Hall–Kier alpha value is -16.1. The van der Waals surface area contributed by atoms with Crippen molar-refractivity contribution >= 4 is 109 Å². The molecule has 0 aliphatic heterocycles. The van der Waals surface area contributed by atoms with Gasteiger partial charge in [0.2, 0.25) is 11.9 Å². The Bertz CT molecular complexity index is 7670. The van der Waals surface area contributed by atoms with Gasteiger partial charge in [0.25, 0.3) is 0 Å². The second-order valence-corrected chi connectivity index (χ2v) is 30.4. The molecule has 0 aliphatic rings. The molecule has 24 rings (SSSR count). The average Bonchev–Trinajstić information content (AvgIpc) is 1.59. The predicted octanol–water partition coefficient (Wildman–Crippen LogP) is 28.6. The lowest BCUT2D eigenvalue weighted by atomic mass is 9.98. The van der Waals surface area contributed by atoms with Crippen molar-refractivity contribution in [2.45, 2.75) is 0 Å². The standard InChI is InChI=1S/C58H38N4.C52H32N4O/c1-5-17-39(18-6-1)45-33-46(40-19-7-2-8-20-40)35-47(34-45)61-54-27-15-13-25-48(54)50-36-43(29-31-56(50)61)44-30-32-57-51(37-44)49-26-14-16-28-55(49)62(57)58-59-52(41-21-9-3-10-22-41)38-53(60-58)42-23-11-4-12-24-42;1-3-14-33(15-4-1)43-32-44(34-16-5-2-6-17-34)54-52(53-43)56-46-23-11-8-19-38(46)42-31-36(27-29-48(42)56)35-26-28-47-41(30-35)37-18-7-10-22-45(37)55(47)49-24-13-21-40-39-20-9-12-25-50(39)57-51(40)49/h1-38H;1-32H. The number of nitrogens with zero attached hydrogens (tertiary/aromatic N) is 8. The van der Waals surface area contributed by atoms with Crippen molar-refractivity contribution in [1.29, 1.82) is 0 Å². The van der Waals surface area contributed by atoms with E-state index in [1.807, 2.05) is 36.4 Å². The molecular weight excluding hydrogens is 1450 g/mol. The summed E-state index contributed by atoms with van der Waals surface area (Å²) in [6, 6.07) is 151. The fraction of sp³-hybridized carbons (Fsp3) is 0. The van der Waals surface area contributed by atoms with Gasteiger partial charge in [0.1, 0.15) is 5.58 Å². The Morgan fingerprint density at radius 2 is 0.454 bits per heavy atom. The minimum Gasteiger partial charge on any atom is -0.454 e. The summed E-state index contributed by atoms with van der Waals surface area (Å²) in [6.07, 6.45) is 0. The molecule has 556 valence electrons. The van der Waals surface area contributed by atoms with Gasteiger partial charge in [-0.2, -0.15) is 0 Å².